The highest BCUT2D eigenvalue weighted by Crippen LogP contribution is 2.33. The van der Waals surface area contributed by atoms with Crippen LogP contribution in [0.25, 0.3) is 0 Å². The summed E-state index contributed by atoms with van der Waals surface area (Å²) in [5, 5.41) is 0. The number of carbonyl (C=O) groups is 2. The van der Waals surface area contributed by atoms with Gasteiger partial charge in [0.05, 0.1) is 5.41 Å². The Morgan fingerprint density at radius 2 is 0.675 bits per heavy atom. The van der Waals surface area contributed by atoms with Crippen molar-refractivity contribution in [3.8, 4) is 0 Å². The zero-order valence-electron chi connectivity index (χ0n) is 27.8. The Labute approximate surface area is 252 Å². The van der Waals surface area contributed by atoms with Crippen LogP contribution >= 0.6 is 0 Å². The number of nitrogens with two attached hydrogens (primary N) is 1. The van der Waals surface area contributed by atoms with Crippen molar-refractivity contribution in [3.05, 3.63) is 0 Å². The Morgan fingerprint density at radius 1 is 0.425 bits per heavy atom. The monoisotopic (exact) mass is 564 g/mol. The molecule has 40 heavy (non-hydrogen) atoms. The van der Waals surface area contributed by atoms with Crippen LogP contribution in [-0.2, 0) is 9.59 Å². The van der Waals surface area contributed by atoms with Gasteiger partial charge < -0.3 is 5.73 Å². The van der Waals surface area contributed by atoms with Crippen LogP contribution in [0, 0.1) is 5.41 Å². The third-order valence-electron chi connectivity index (χ3n) is 9.26. The van der Waals surface area contributed by atoms with Crippen molar-refractivity contribution in [3.63, 3.8) is 0 Å². The molecule has 2 N–H and O–H groups in total. The number of hydrogen-bond donors (Lipinski definition) is 1. The van der Waals surface area contributed by atoms with Crippen molar-refractivity contribution in [2.75, 3.05) is 6.54 Å². The van der Waals surface area contributed by atoms with E-state index in [1.165, 1.54) is 141 Å². The van der Waals surface area contributed by atoms with Gasteiger partial charge in [-0.2, -0.15) is 0 Å². The van der Waals surface area contributed by atoms with Crippen LogP contribution in [0.1, 0.15) is 213 Å². The largest absolute Gasteiger partial charge is 0.330 e. The molecule has 3 nitrogen and oxygen atoms in total. The second-order valence-corrected chi connectivity index (χ2v) is 12.8. The highest BCUT2D eigenvalue weighted by Gasteiger charge is 2.41. The molecule has 0 radical (unpaired) electrons. The van der Waals surface area contributed by atoms with Crippen LogP contribution in [-0.4, -0.2) is 18.1 Å². The molecular weight excluding hydrogens is 490 g/mol. The second-order valence-electron chi connectivity index (χ2n) is 12.8. The smallest absolute Gasteiger partial charge is 0.146 e. The summed E-state index contributed by atoms with van der Waals surface area (Å²) in [6, 6.07) is 0. The SMILES string of the molecule is CCCCCCCCCCCCCCCC(=O)C(CC)(CCN)C(=O)CCCCCCCCCCCCCCC. The second kappa shape index (κ2) is 29.8. The number of Topliss-reactive ketones (excluding diaryl/α,β-unsaturated/α-hetero) is 2. The molecule has 3 heteroatoms. The van der Waals surface area contributed by atoms with Gasteiger partial charge in [0.15, 0.2) is 0 Å². The first kappa shape index (κ1) is 39.3. The zero-order valence-corrected chi connectivity index (χ0v) is 27.8. The molecule has 0 bridgehead atoms. The molecule has 0 heterocycles. The minimum Gasteiger partial charge on any atom is -0.330 e. The summed E-state index contributed by atoms with van der Waals surface area (Å²) in [7, 11) is 0. The highest BCUT2D eigenvalue weighted by molar-refractivity contribution is 6.07. The van der Waals surface area contributed by atoms with Crippen LogP contribution in [0.2, 0.25) is 0 Å². The summed E-state index contributed by atoms with van der Waals surface area (Å²) in [5.74, 6) is 0.339. The molecule has 0 saturated heterocycles. The molecule has 0 aromatic carbocycles. The number of hydrogen-bond acceptors (Lipinski definition) is 3. The quantitative estimate of drug-likeness (QED) is 0.0638. The van der Waals surface area contributed by atoms with E-state index in [4.69, 9.17) is 5.73 Å². The molecule has 0 aliphatic carbocycles. The van der Waals surface area contributed by atoms with E-state index in [-0.39, 0.29) is 11.6 Å². The van der Waals surface area contributed by atoms with Crippen LogP contribution < -0.4 is 5.73 Å². The Morgan fingerprint density at radius 3 is 0.900 bits per heavy atom. The number of carbonyl (C=O) groups excluding carboxylic acids is 2. The van der Waals surface area contributed by atoms with E-state index in [0.717, 1.165) is 25.7 Å². The van der Waals surface area contributed by atoms with E-state index >= 15 is 0 Å². The standard InChI is InChI=1S/C37H73NO2/c1-4-7-9-11-13-15-17-19-21-23-25-27-29-31-35(39)37(6-3,33-34-38)36(40)32-30-28-26-24-22-20-18-16-14-12-10-8-5-2/h4-34,38H2,1-3H3. The summed E-state index contributed by atoms with van der Waals surface area (Å²) in [6.07, 6.45) is 36.1. The lowest BCUT2D eigenvalue weighted by Crippen LogP contribution is -2.40. The van der Waals surface area contributed by atoms with Gasteiger partial charge in [0.2, 0.25) is 0 Å². The minimum absolute atomic E-state index is 0.170. The first-order chi connectivity index (χ1) is 19.6. The highest BCUT2D eigenvalue weighted by atomic mass is 16.2. The van der Waals surface area contributed by atoms with Crippen molar-refractivity contribution in [2.24, 2.45) is 11.1 Å². The first-order valence-electron chi connectivity index (χ1n) is 18.4. The van der Waals surface area contributed by atoms with Gasteiger partial charge in [-0.05, 0) is 32.2 Å². The summed E-state index contributed by atoms with van der Waals surface area (Å²) in [4.78, 5) is 26.6. The molecule has 238 valence electrons. The maximum atomic E-state index is 13.3. The first-order valence-corrected chi connectivity index (χ1v) is 18.4. The van der Waals surface area contributed by atoms with Gasteiger partial charge in [-0.25, -0.2) is 0 Å². The molecule has 0 aliphatic heterocycles. The van der Waals surface area contributed by atoms with Crippen LogP contribution in [0.15, 0.2) is 0 Å². The molecule has 0 fully saturated rings. The van der Waals surface area contributed by atoms with Gasteiger partial charge >= 0.3 is 0 Å². The molecule has 0 saturated carbocycles. The van der Waals surface area contributed by atoms with Crippen molar-refractivity contribution in [1.82, 2.24) is 0 Å². The van der Waals surface area contributed by atoms with E-state index in [1.54, 1.807) is 0 Å². The van der Waals surface area contributed by atoms with E-state index < -0.39 is 5.41 Å². The van der Waals surface area contributed by atoms with Crippen molar-refractivity contribution in [1.29, 1.82) is 0 Å². The van der Waals surface area contributed by atoms with Gasteiger partial charge in [-0.15, -0.1) is 0 Å². The lowest BCUT2D eigenvalue weighted by atomic mass is 9.71. The van der Waals surface area contributed by atoms with Gasteiger partial charge in [-0.3, -0.25) is 9.59 Å². The molecule has 0 aromatic rings. The molecule has 0 aromatic heterocycles. The van der Waals surface area contributed by atoms with Crippen LogP contribution in [0.3, 0.4) is 0 Å². The van der Waals surface area contributed by atoms with Crippen molar-refractivity contribution in [2.45, 2.75) is 213 Å². The summed E-state index contributed by atoms with van der Waals surface area (Å²) in [6.45, 7) is 6.98. The fourth-order valence-corrected chi connectivity index (χ4v) is 6.34. The molecule has 0 atom stereocenters. The van der Waals surface area contributed by atoms with Gasteiger partial charge in [0, 0.05) is 12.8 Å². The fourth-order valence-electron chi connectivity index (χ4n) is 6.34. The lowest BCUT2D eigenvalue weighted by Gasteiger charge is -2.29. The molecule has 0 amide bonds. The van der Waals surface area contributed by atoms with Gasteiger partial charge in [0.1, 0.15) is 11.6 Å². The number of unbranched alkanes of at least 4 members (excludes halogenated alkanes) is 24. The Kier molecular flexibility index (Phi) is 29.3. The molecule has 0 aliphatic rings. The van der Waals surface area contributed by atoms with Crippen molar-refractivity contribution >= 4 is 11.6 Å². The van der Waals surface area contributed by atoms with E-state index in [0.29, 0.717) is 32.2 Å². The van der Waals surface area contributed by atoms with E-state index in [2.05, 4.69) is 13.8 Å². The van der Waals surface area contributed by atoms with E-state index in [9.17, 15) is 9.59 Å². The predicted molar refractivity (Wildman–Crippen MR) is 177 cm³/mol. The van der Waals surface area contributed by atoms with Crippen LogP contribution in [0.5, 0.6) is 0 Å². The Balaban J connectivity index is 3.99. The average Bonchev–Trinajstić information content (AvgIpc) is 2.96. The van der Waals surface area contributed by atoms with E-state index in [1.807, 2.05) is 6.92 Å². The Bertz CT molecular complexity index is 516. The van der Waals surface area contributed by atoms with Gasteiger partial charge in [-0.1, -0.05) is 175 Å². The Hall–Kier alpha value is -0.700. The van der Waals surface area contributed by atoms with Crippen molar-refractivity contribution < 1.29 is 9.59 Å². The molecule has 0 rings (SSSR count). The number of ketones is 2. The fraction of sp³-hybridized carbons (Fsp3) is 0.946. The molecular formula is C37H73NO2. The topological polar surface area (TPSA) is 60.2 Å². The van der Waals surface area contributed by atoms with Crippen LogP contribution in [0.4, 0.5) is 0 Å². The maximum absolute atomic E-state index is 13.3. The third kappa shape index (κ3) is 21.1. The molecule has 0 unspecified atom stereocenters. The summed E-state index contributed by atoms with van der Waals surface area (Å²) in [5.41, 5.74) is 5.09. The third-order valence-corrected chi connectivity index (χ3v) is 9.26. The average molecular weight is 564 g/mol. The molecule has 0 spiro atoms. The summed E-state index contributed by atoms with van der Waals surface area (Å²) >= 11 is 0. The maximum Gasteiger partial charge on any atom is 0.146 e. The normalized spacial score (nSPS) is 11.8. The lowest BCUT2D eigenvalue weighted by molar-refractivity contribution is -0.141. The number of rotatable bonds is 33. The minimum atomic E-state index is -0.816. The zero-order chi connectivity index (χ0) is 29.6. The summed E-state index contributed by atoms with van der Waals surface area (Å²) < 4.78 is 0. The predicted octanol–water partition coefficient (Wildman–Crippen LogP) is 11.8. The van der Waals surface area contributed by atoms with Gasteiger partial charge in [0.25, 0.3) is 0 Å².